The highest BCUT2D eigenvalue weighted by Crippen LogP contribution is 2.33. The maximum absolute atomic E-state index is 12.7. The number of carbonyl (C=O) groups is 3. The molecule has 2 heterocycles. The molecule has 178 valence electrons. The van der Waals surface area contributed by atoms with Crippen LogP contribution in [0, 0.1) is 6.92 Å². The van der Waals surface area contributed by atoms with E-state index in [1.165, 1.54) is 0 Å². The molecule has 1 saturated heterocycles. The molecule has 0 aromatic heterocycles. The number of carboxylic acid groups (broad SMARTS) is 1. The number of hydrogen-bond donors (Lipinski definition) is 2. The molecular weight excluding hydrogens is 424 g/mol. The van der Waals surface area contributed by atoms with Crippen molar-refractivity contribution in [1.82, 2.24) is 15.1 Å². The van der Waals surface area contributed by atoms with E-state index in [1.54, 1.807) is 4.90 Å². The van der Waals surface area contributed by atoms with E-state index in [-0.39, 0.29) is 24.4 Å². The average Bonchev–Trinajstić information content (AvgIpc) is 3.15. The third-order valence-corrected chi connectivity index (χ3v) is 6.53. The van der Waals surface area contributed by atoms with Gasteiger partial charge in [-0.1, -0.05) is 19.3 Å². The zero-order chi connectivity index (χ0) is 23.4. The molecule has 9 heteroatoms. The van der Waals surface area contributed by atoms with Crippen LogP contribution in [0.1, 0.15) is 62.5 Å². The third kappa shape index (κ3) is 5.64. The first-order valence-electron chi connectivity index (χ1n) is 11.8. The van der Waals surface area contributed by atoms with Crippen LogP contribution in [0.15, 0.2) is 17.1 Å². The van der Waals surface area contributed by atoms with Crippen LogP contribution < -0.4 is 10.1 Å². The monoisotopic (exact) mass is 456 g/mol. The van der Waals surface area contributed by atoms with Gasteiger partial charge in [-0.2, -0.15) is 0 Å². The highest BCUT2D eigenvalue weighted by atomic mass is 16.5. The summed E-state index contributed by atoms with van der Waals surface area (Å²) >= 11 is 0. The summed E-state index contributed by atoms with van der Waals surface area (Å²) in [5.74, 6) is 0.258. The lowest BCUT2D eigenvalue weighted by Crippen LogP contribution is -2.44. The van der Waals surface area contributed by atoms with Gasteiger partial charge in [0.15, 0.2) is 0 Å². The zero-order valence-electron chi connectivity index (χ0n) is 19.1. The fourth-order valence-corrected chi connectivity index (χ4v) is 4.83. The second kappa shape index (κ2) is 10.2. The Labute approximate surface area is 193 Å². The number of ether oxygens (including phenoxy) is 1. The summed E-state index contributed by atoms with van der Waals surface area (Å²) in [5.41, 5.74) is 2.87. The smallest absolute Gasteiger partial charge is 0.323 e. The number of fused-ring (bicyclic) bond motifs is 2. The van der Waals surface area contributed by atoms with E-state index in [1.807, 2.05) is 24.0 Å². The maximum Gasteiger partial charge on any atom is 0.323 e. The van der Waals surface area contributed by atoms with Gasteiger partial charge in [0.1, 0.15) is 18.8 Å². The quantitative estimate of drug-likeness (QED) is 0.553. The van der Waals surface area contributed by atoms with Gasteiger partial charge in [-0.25, -0.2) is 4.99 Å². The molecule has 0 unspecified atom stereocenters. The number of benzene rings is 1. The lowest BCUT2D eigenvalue weighted by atomic mass is 9.94. The van der Waals surface area contributed by atoms with Crippen LogP contribution in [0.2, 0.25) is 0 Å². The molecule has 1 aliphatic carbocycles. The van der Waals surface area contributed by atoms with Gasteiger partial charge in [-0.05, 0) is 49.8 Å². The van der Waals surface area contributed by atoms with Gasteiger partial charge in [0.25, 0.3) is 0 Å². The summed E-state index contributed by atoms with van der Waals surface area (Å²) in [5, 5.41) is 12.0. The Kier molecular flexibility index (Phi) is 7.15. The van der Waals surface area contributed by atoms with Crippen LogP contribution >= 0.6 is 0 Å². The number of nitrogens with zero attached hydrogens (tertiary/aromatic N) is 3. The first-order chi connectivity index (χ1) is 15.9. The standard InChI is InChI=1S/C24H32N4O5/c1-16-11-17-13-27-14-21(29)26-24(27)25-19(17)12-20(16)33-10-6-5-9-22(30)28(15-23(31)32)18-7-3-2-4-8-18/h11-12,18H,2-10,13-15H2,1H3,(H,31,32)(H,25,26,29). The minimum atomic E-state index is -0.955. The number of aliphatic carboxylic acids is 1. The number of aliphatic imine (C=N–C) groups is 1. The number of amides is 2. The fourth-order valence-electron chi connectivity index (χ4n) is 4.83. The molecule has 0 radical (unpaired) electrons. The first-order valence-corrected chi connectivity index (χ1v) is 11.8. The van der Waals surface area contributed by atoms with E-state index >= 15 is 0 Å². The molecule has 2 amide bonds. The summed E-state index contributed by atoms with van der Waals surface area (Å²) in [6.45, 7) is 3.21. The van der Waals surface area contributed by atoms with Gasteiger partial charge >= 0.3 is 5.97 Å². The maximum atomic E-state index is 12.7. The summed E-state index contributed by atoms with van der Waals surface area (Å²) in [4.78, 5) is 43.6. The second-order valence-electron chi connectivity index (χ2n) is 9.10. The largest absolute Gasteiger partial charge is 0.493 e. The third-order valence-electron chi connectivity index (χ3n) is 6.53. The zero-order valence-corrected chi connectivity index (χ0v) is 19.1. The van der Waals surface area contributed by atoms with Crippen molar-refractivity contribution in [3.05, 3.63) is 23.3 Å². The number of aryl methyl sites for hydroxylation is 1. The SMILES string of the molecule is Cc1cc2c(cc1OCCCCC(=O)N(CC(=O)O)C1CCCCC1)N=C1NC(=O)CN1C2. The molecular formula is C24H32N4O5. The molecule has 1 aromatic rings. The predicted octanol–water partition coefficient (Wildman–Crippen LogP) is 2.72. The van der Waals surface area contributed by atoms with Gasteiger partial charge in [-0.15, -0.1) is 0 Å². The number of hydrogen-bond acceptors (Lipinski definition) is 6. The van der Waals surface area contributed by atoms with E-state index < -0.39 is 5.97 Å². The molecule has 0 bridgehead atoms. The summed E-state index contributed by atoms with van der Waals surface area (Å²) in [7, 11) is 0. The normalized spacial score (nSPS) is 17.7. The molecule has 0 atom stereocenters. The Morgan fingerprint density at radius 2 is 2.00 bits per heavy atom. The van der Waals surface area contributed by atoms with E-state index in [4.69, 9.17) is 4.74 Å². The second-order valence-corrected chi connectivity index (χ2v) is 9.10. The number of unbranched alkanes of at least 4 members (excludes halogenated alkanes) is 1. The predicted molar refractivity (Wildman–Crippen MR) is 122 cm³/mol. The Balaban J connectivity index is 1.27. The minimum absolute atomic E-state index is 0.0466. The Bertz CT molecular complexity index is 954. The van der Waals surface area contributed by atoms with Crippen molar-refractivity contribution < 1.29 is 24.2 Å². The number of carboxylic acids is 1. The van der Waals surface area contributed by atoms with E-state index in [9.17, 15) is 19.5 Å². The van der Waals surface area contributed by atoms with Crippen LogP contribution in [0.25, 0.3) is 0 Å². The van der Waals surface area contributed by atoms with E-state index in [0.717, 1.165) is 54.7 Å². The molecule has 3 aliphatic rings. The van der Waals surface area contributed by atoms with Gasteiger partial charge in [0.2, 0.25) is 17.8 Å². The van der Waals surface area contributed by atoms with Crippen molar-refractivity contribution >= 4 is 29.4 Å². The molecule has 9 nitrogen and oxygen atoms in total. The molecule has 4 rings (SSSR count). The van der Waals surface area contributed by atoms with Crippen LogP contribution in [-0.2, 0) is 20.9 Å². The molecule has 2 fully saturated rings. The van der Waals surface area contributed by atoms with Crippen molar-refractivity contribution in [1.29, 1.82) is 0 Å². The summed E-state index contributed by atoms with van der Waals surface area (Å²) in [6, 6.07) is 4.01. The molecule has 2 aliphatic heterocycles. The highest BCUT2D eigenvalue weighted by molar-refractivity contribution is 6.05. The Hall–Kier alpha value is -3.10. The summed E-state index contributed by atoms with van der Waals surface area (Å²) in [6.07, 6.45) is 6.73. The van der Waals surface area contributed by atoms with Gasteiger partial charge in [0.05, 0.1) is 12.3 Å². The lowest BCUT2D eigenvalue weighted by molar-refractivity contribution is -0.146. The number of rotatable bonds is 9. The van der Waals surface area contributed by atoms with E-state index in [0.29, 0.717) is 44.9 Å². The number of guanidine groups is 1. The summed E-state index contributed by atoms with van der Waals surface area (Å²) < 4.78 is 5.97. The van der Waals surface area contributed by atoms with Crippen molar-refractivity contribution in [3.8, 4) is 5.75 Å². The first kappa shape index (κ1) is 23.1. The topological polar surface area (TPSA) is 112 Å². The average molecular weight is 457 g/mol. The van der Waals surface area contributed by atoms with Crippen LogP contribution in [0.3, 0.4) is 0 Å². The van der Waals surface area contributed by atoms with E-state index in [2.05, 4.69) is 10.3 Å². The molecule has 1 aromatic carbocycles. The van der Waals surface area contributed by atoms with Gasteiger partial charge in [0, 0.05) is 25.1 Å². The number of carbonyl (C=O) groups excluding carboxylic acids is 2. The van der Waals surface area contributed by atoms with Gasteiger partial charge < -0.3 is 19.6 Å². The van der Waals surface area contributed by atoms with Crippen molar-refractivity contribution in [2.45, 2.75) is 70.9 Å². The van der Waals surface area contributed by atoms with Crippen molar-refractivity contribution in [3.63, 3.8) is 0 Å². The molecule has 0 spiro atoms. The van der Waals surface area contributed by atoms with Crippen LogP contribution in [0.4, 0.5) is 5.69 Å². The van der Waals surface area contributed by atoms with Crippen LogP contribution in [0.5, 0.6) is 5.75 Å². The number of nitrogens with one attached hydrogen (secondary N) is 1. The Morgan fingerprint density at radius 1 is 1.21 bits per heavy atom. The fraction of sp³-hybridized carbons (Fsp3) is 0.583. The minimum Gasteiger partial charge on any atom is -0.493 e. The molecule has 1 saturated carbocycles. The lowest BCUT2D eigenvalue weighted by Gasteiger charge is -2.33. The Morgan fingerprint density at radius 3 is 2.76 bits per heavy atom. The van der Waals surface area contributed by atoms with Gasteiger partial charge in [-0.3, -0.25) is 19.7 Å². The molecule has 2 N–H and O–H groups in total. The highest BCUT2D eigenvalue weighted by Gasteiger charge is 2.30. The van der Waals surface area contributed by atoms with Crippen molar-refractivity contribution in [2.75, 3.05) is 19.7 Å². The van der Waals surface area contributed by atoms with Crippen molar-refractivity contribution in [2.24, 2.45) is 4.99 Å². The van der Waals surface area contributed by atoms with Crippen LogP contribution in [-0.4, -0.2) is 64.4 Å². The molecule has 33 heavy (non-hydrogen) atoms.